The molecule has 4 N–H and O–H groups in total. The fraction of sp³-hybridized carbons (Fsp3) is 0.296. The van der Waals surface area contributed by atoms with E-state index in [-0.39, 0.29) is 24.0 Å². The molecule has 0 radical (unpaired) electrons. The maximum atomic E-state index is 13.2. The van der Waals surface area contributed by atoms with Crippen LogP contribution in [-0.2, 0) is 0 Å². The third-order valence-corrected chi connectivity index (χ3v) is 7.18. The van der Waals surface area contributed by atoms with Crippen LogP contribution in [-0.4, -0.2) is 46.6 Å². The Hall–Kier alpha value is -3.58. The van der Waals surface area contributed by atoms with Gasteiger partial charge in [0.15, 0.2) is 0 Å². The van der Waals surface area contributed by atoms with Crippen molar-refractivity contribution in [3.8, 4) is 0 Å². The summed E-state index contributed by atoms with van der Waals surface area (Å²) in [7, 11) is 0. The maximum absolute atomic E-state index is 13.2. The summed E-state index contributed by atoms with van der Waals surface area (Å²) in [4.78, 5) is 27.6. The number of anilines is 1. The maximum Gasteiger partial charge on any atom is 0.254 e. The second-order valence-corrected chi connectivity index (χ2v) is 9.80. The molecule has 0 saturated carbocycles. The summed E-state index contributed by atoms with van der Waals surface area (Å²) in [5.41, 5.74) is 9.85. The summed E-state index contributed by atoms with van der Waals surface area (Å²) in [5.74, 6) is 0.510. The number of aromatic nitrogens is 1. The average Bonchev–Trinajstić information content (AvgIpc) is 3.39. The van der Waals surface area contributed by atoms with E-state index in [1.54, 1.807) is 24.3 Å². The summed E-state index contributed by atoms with van der Waals surface area (Å²) in [6.07, 6.45) is 5.50. The lowest BCUT2D eigenvalue weighted by atomic mass is 9.96. The Bertz CT molecular complexity index is 1310. The van der Waals surface area contributed by atoms with Gasteiger partial charge < -0.3 is 20.9 Å². The first-order valence-corrected chi connectivity index (χ1v) is 12.2. The number of aromatic amines is 1. The smallest absolute Gasteiger partial charge is 0.254 e. The van der Waals surface area contributed by atoms with Crippen LogP contribution in [0.1, 0.15) is 48.5 Å². The van der Waals surface area contributed by atoms with Crippen molar-refractivity contribution in [3.05, 3.63) is 70.9 Å². The van der Waals surface area contributed by atoms with Crippen molar-refractivity contribution in [1.29, 1.82) is 0 Å². The summed E-state index contributed by atoms with van der Waals surface area (Å²) in [6.45, 7) is 5.58. The minimum Gasteiger partial charge on any atom is -0.399 e. The number of hydrogen-bond donors (Lipinski definition) is 3. The van der Waals surface area contributed by atoms with Gasteiger partial charge in [-0.2, -0.15) is 0 Å². The molecule has 2 aliphatic rings. The first kappa shape index (κ1) is 23.2. The third kappa shape index (κ3) is 4.56. The number of amides is 1. The number of fused-ring (bicyclic) bond motifs is 3. The predicted molar refractivity (Wildman–Crippen MR) is 144 cm³/mol. The number of piperidine rings is 1. The molecule has 2 fully saturated rings. The fourth-order valence-corrected chi connectivity index (χ4v) is 5.52. The number of allylic oxidation sites excluding steroid dienone is 1. The van der Waals surface area contributed by atoms with E-state index in [1.807, 2.05) is 42.3 Å². The molecular formula is C27H29ClN6O. The van der Waals surface area contributed by atoms with E-state index in [4.69, 9.17) is 22.3 Å². The monoisotopic (exact) mass is 488 g/mol. The number of rotatable bonds is 4. The molecule has 1 amide bonds. The number of nitrogens with one attached hydrogen (secondary N) is 2. The number of halogens is 1. The van der Waals surface area contributed by atoms with Gasteiger partial charge in [0.05, 0.1) is 11.7 Å². The lowest BCUT2D eigenvalue weighted by Crippen LogP contribution is -2.48. The Balaban J connectivity index is 1.34. The number of benzene rings is 2. The largest absolute Gasteiger partial charge is 0.399 e. The number of H-pyrrole nitrogens is 1. The van der Waals surface area contributed by atoms with E-state index in [2.05, 4.69) is 22.0 Å². The van der Waals surface area contributed by atoms with Gasteiger partial charge in [0.2, 0.25) is 5.96 Å². The van der Waals surface area contributed by atoms with E-state index in [1.165, 1.54) is 0 Å². The number of nitrogens with two attached hydrogens (primary N) is 1. The summed E-state index contributed by atoms with van der Waals surface area (Å²) >= 11 is 6.49. The number of aliphatic imine (C=N–C) groups is 2. The van der Waals surface area contributed by atoms with Crippen molar-refractivity contribution < 1.29 is 4.79 Å². The molecule has 1 aromatic heterocycles. The van der Waals surface area contributed by atoms with Crippen LogP contribution in [0.2, 0.25) is 0 Å². The van der Waals surface area contributed by atoms with Crippen LogP contribution in [0, 0.1) is 0 Å². The van der Waals surface area contributed by atoms with Crippen LogP contribution in [0.25, 0.3) is 16.6 Å². The van der Waals surface area contributed by atoms with Crippen LogP contribution >= 0.6 is 11.6 Å². The van der Waals surface area contributed by atoms with Crippen molar-refractivity contribution in [3.63, 3.8) is 0 Å². The quantitative estimate of drug-likeness (QED) is 0.269. The Kier molecular flexibility index (Phi) is 6.34. The van der Waals surface area contributed by atoms with Crippen LogP contribution in [0.4, 0.5) is 5.69 Å². The van der Waals surface area contributed by atoms with Gasteiger partial charge in [-0.3, -0.25) is 4.79 Å². The number of guanidine groups is 1. The molecule has 3 aromatic rings. The van der Waals surface area contributed by atoms with Crippen LogP contribution in [0.5, 0.6) is 0 Å². The van der Waals surface area contributed by atoms with Crippen LogP contribution < -0.4 is 11.1 Å². The molecule has 2 aliphatic heterocycles. The van der Waals surface area contributed by atoms with Gasteiger partial charge in [-0.1, -0.05) is 29.8 Å². The molecular weight excluding hydrogens is 460 g/mol. The highest BCUT2D eigenvalue weighted by Gasteiger charge is 2.43. The first-order chi connectivity index (χ1) is 16.9. The average molecular weight is 489 g/mol. The second kappa shape index (κ2) is 9.58. The molecule has 2 bridgehead atoms. The zero-order valence-corrected chi connectivity index (χ0v) is 20.4. The summed E-state index contributed by atoms with van der Waals surface area (Å²) in [5, 5.41) is 4.98. The van der Waals surface area contributed by atoms with E-state index >= 15 is 0 Å². The first-order valence-electron chi connectivity index (χ1n) is 11.9. The van der Waals surface area contributed by atoms with Crippen molar-refractivity contribution in [2.24, 2.45) is 9.98 Å². The van der Waals surface area contributed by atoms with Gasteiger partial charge in [-0.25, -0.2) is 9.98 Å². The minimum atomic E-state index is 0.0517. The predicted octanol–water partition coefficient (Wildman–Crippen LogP) is 5.16. The molecule has 2 aromatic carbocycles. The normalized spacial score (nSPS) is 22.7. The van der Waals surface area contributed by atoms with Gasteiger partial charge >= 0.3 is 0 Å². The molecule has 5 rings (SSSR count). The highest BCUT2D eigenvalue weighted by Crippen LogP contribution is 2.38. The van der Waals surface area contributed by atoms with Gasteiger partial charge in [0.1, 0.15) is 0 Å². The molecule has 35 heavy (non-hydrogen) atoms. The topological polar surface area (TPSA) is 98.9 Å². The summed E-state index contributed by atoms with van der Waals surface area (Å²) < 4.78 is 0. The minimum absolute atomic E-state index is 0.0517. The molecule has 7 nitrogen and oxygen atoms in total. The standard InChI is InChI=1S/C27H29ClN6O/c1-16(28)25(23-15-31-24-6-4-3-5-22(23)24)33-27(30-2)32-19-13-20-11-12-21(14-19)34(20)26(35)17-7-9-18(29)10-8-17/h3-10,15,19-21,31H,2,11-14,29H2,1H3,(H,32,33)/b25-16+/t19?,20-,21+. The third-order valence-electron chi connectivity index (χ3n) is 6.99. The lowest BCUT2D eigenvalue weighted by molar-refractivity contribution is 0.0576. The van der Waals surface area contributed by atoms with E-state index in [0.29, 0.717) is 22.2 Å². The van der Waals surface area contributed by atoms with Gasteiger partial charge in [-0.05, 0) is 69.7 Å². The Morgan fingerprint density at radius 1 is 1.14 bits per heavy atom. The highest BCUT2D eigenvalue weighted by atomic mass is 35.5. The van der Waals surface area contributed by atoms with Gasteiger partial charge in [-0.15, -0.1) is 0 Å². The van der Waals surface area contributed by atoms with Crippen molar-refractivity contribution in [2.45, 2.75) is 50.7 Å². The molecule has 3 atom stereocenters. The molecule has 8 heteroatoms. The van der Waals surface area contributed by atoms with E-state index < -0.39 is 0 Å². The van der Waals surface area contributed by atoms with Crippen molar-refractivity contribution in [2.75, 3.05) is 5.73 Å². The Morgan fingerprint density at radius 2 is 1.83 bits per heavy atom. The number of nitrogen functional groups attached to an aromatic ring is 1. The molecule has 0 spiro atoms. The van der Waals surface area contributed by atoms with Gasteiger partial charge in [0.25, 0.3) is 5.91 Å². The molecule has 2 saturated heterocycles. The van der Waals surface area contributed by atoms with E-state index in [0.717, 1.165) is 47.8 Å². The zero-order valence-electron chi connectivity index (χ0n) is 19.7. The number of carbonyl (C=O) groups is 1. The lowest BCUT2D eigenvalue weighted by Gasteiger charge is -2.38. The van der Waals surface area contributed by atoms with Crippen LogP contribution in [0.3, 0.4) is 0 Å². The number of para-hydroxylation sites is 1. The molecule has 0 aliphatic carbocycles. The number of nitrogens with zero attached hydrogens (tertiary/aromatic N) is 3. The molecule has 180 valence electrons. The molecule has 3 heterocycles. The Labute approximate surface area is 209 Å². The summed E-state index contributed by atoms with van der Waals surface area (Å²) in [6, 6.07) is 15.6. The zero-order chi connectivity index (χ0) is 24.5. The fourth-order valence-electron chi connectivity index (χ4n) is 5.37. The van der Waals surface area contributed by atoms with E-state index in [9.17, 15) is 4.79 Å². The molecule has 1 unspecified atom stereocenters. The SMILES string of the molecule is C=NC(=NC1C[C@H]2CC[C@@H](C1)N2C(=O)c1ccc(N)cc1)N/C(=C(\C)Cl)c1c[nH]c2ccccc12. The number of hydrogen-bond acceptors (Lipinski definition) is 3. The highest BCUT2D eigenvalue weighted by molar-refractivity contribution is 6.33. The second-order valence-electron chi connectivity index (χ2n) is 9.24. The van der Waals surface area contributed by atoms with Crippen molar-refractivity contribution in [1.82, 2.24) is 15.2 Å². The van der Waals surface area contributed by atoms with Crippen molar-refractivity contribution >= 4 is 52.5 Å². The number of carbonyl (C=O) groups excluding carboxylic acids is 1. The van der Waals surface area contributed by atoms with Crippen LogP contribution in [0.15, 0.2) is 69.7 Å². The Morgan fingerprint density at radius 3 is 2.49 bits per heavy atom. The van der Waals surface area contributed by atoms with Gasteiger partial charge in [0, 0.05) is 51.0 Å².